The highest BCUT2D eigenvalue weighted by molar-refractivity contribution is 5.88. The molecule has 0 saturated carbocycles. The van der Waals surface area contributed by atoms with E-state index in [0.717, 1.165) is 16.8 Å². The van der Waals surface area contributed by atoms with Gasteiger partial charge in [-0.15, -0.1) is 0 Å². The largest absolute Gasteiger partial charge is 0.309 e. The molecule has 0 atom stereocenters. The SMILES string of the molecule is Cc1ccccc1N(c1ccccc1C)c1cc(C=Cc2ccccc2)ccc1C=Cc1ccccc1. The van der Waals surface area contributed by atoms with Crippen molar-refractivity contribution >= 4 is 41.4 Å². The number of para-hydroxylation sites is 2. The van der Waals surface area contributed by atoms with Crippen LogP contribution in [0.5, 0.6) is 0 Å². The van der Waals surface area contributed by atoms with Gasteiger partial charge in [-0.05, 0) is 65.4 Å². The molecule has 0 bridgehead atoms. The van der Waals surface area contributed by atoms with Crippen molar-refractivity contribution in [3.05, 3.63) is 161 Å². The van der Waals surface area contributed by atoms with Gasteiger partial charge in [-0.1, -0.05) is 133 Å². The van der Waals surface area contributed by atoms with Gasteiger partial charge in [-0.2, -0.15) is 0 Å². The fourth-order valence-electron chi connectivity index (χ4n) is 4.52. The maximum atomic E-state index is 2.40. The van der Waals surface area contributed by atoms with Crippen LogP contribution in [0.1, 0.15) is 33.4 Å². The van der Waals surface area contributed by atoms with Gasteiger partial charge in [0.25, 0.3) is 0 Å². The van der Waals surface area contributed by atoms with Crippen LogP contribution in [-0.2, 0) is 0 Å². The Morgan fingerprint density at radius 1 is 0.405 bits per heavy atom. The van der Waals surface area contributed by atoms with Gasteiger partial charge in [0, 0.05) is 11.4 Å². The summed E-state index contributed by atoms with van der Waals surface area (Å²) >= 11 is 0. The maximum absolute atomic E-state index is 2.40. The maximum Gasteiger partial charge on any atom is 0.0540 e. The Labute approximate surface area is 220 Å². The van der Waals surface area contributed by atoms with Crippen molar-refractivity contribution in [3.63, 3.8) is 0 Å². The fraction of sp³-hybridized carbons (Fsp3) is 0.0556. The summed E-state index contributed by atoms with van der Waals surface area (Å²) < 4.78 is 0. The van der Waals surface area contributed by atoms with Crippen molar-refractivity contribution in [2.24, 2.45) is 0 Å². The summed E-state index contributed by atoms with van der Waals surface area (Å²) in [6.07, 6.45) is 8.77. The van der Waals surface area contributed by atoms with Crippen LogP contribution in [0.25, 0.3) is 24.3 Å². The lowest BCUT2D eigenvalue weighted by molar-refractivity contribution is 1.22. The molecule has 5 aromatic rings. The zero-order valence-electron chi connectivity index (χ0n) is 21.4. The van der Waals surface area contributed by atoms with Crippen molar-refractivity contribution in [3.8, 4) is 0 Å². The normalized spacial score (nSPS) is 11.3. The molecule has 0 aliphatic heterocycles. The van der Waals surface area contributed by atoms with Gasteiger partial charge < -0.3 is 4.90 Å². The third kappa shape index (κ3) is 5.79. The van der Waals surface area contributed by atoms with E-state index in [0.29, 0.717) is 0 Å². The minimum atomic E-state index is 1.14. The van der Waals surface area contributed by atoms with Gasteiger partial charge in [0.1, 0.15) is 0 Å². The molecule has 0 unspecified atom stereocenters. The van der Waals surface area contributed by atoms with Gasteiger partial charge in [0.05, 0.1) is 5.69 Å². The summed E-state index contributed by atoms with van der Waals surface area (Å²) in [6.45, 7) is 4.36. The monoisotopic (exact) mass is 477 g/mol. The summed E-state index contributed by atoms with van der Waals surface area (Å²) in [4.78, 5) is 2.40. The number of aryl methyl sites for hydroxylation is 2. The average Bonchev–Trinajstić information content (AvgIpc) is 2.94. The number of nitrogens with zero attached hydrogens (tertiary/aromatic N) is 1. The van der Waals surface area contributed by atoms with E-state index in [2.05, 4.69) is 164 Å². The van der Waals surface area contributed by atoms with Crippen molar-refractivity contribution in [1.82, 2.24) is 0 Å². The number of benzene rings is 5. The molecule has 0 amide bonds. The molecule has 0 aromatic heterocycles. The predicted molar refractivity (Wildman–Crippen MR) is 161 cm³/mol. The first-order valence-electron chi connectivity index (χ1n) is 12.7. The lowest BCUT2D eigenvalue weighted by Crippen LogP contribution is -2.14. The standard InChI is InChI=1S/C36H31N/c1-28-13-9-11-19-34(28)37(35-20-12-10-14-29(35)2)36-27-32(22-21-30-15-5-3-6-16-30)24-26-33(36)25-23-31-17-7-4-8-18-31/h3-27H,1-2H3. The van der Waals surface area contributed by atoms with E-state index in [1.54, 1.807) is 0 Å². The van der Waals surface area contributed by atoms with E-state index < -0.39 is 0 Å². The first-order chi connectivity index (χ1) is 18.2. The van der Waals surface area contributed by atoms with Crippen LogP contribution in [-0.4, -0.2) is 0 Å². The molecule has 0 aliphatic rings. The lowest BCUT2D eigenvalue weighted by Gasteiger charge is -2.30. The summed E-state index contributed by atoms with van der Waals surface area (Å²) in [5.74, 6) is 0. The molecule has 0 spiro atoms. The Bertz CT molecular complexity index is 1480. The van der Waals surface area contributed by atoms with E-state index in [1.165, 1.54) is 33.6 Å². The molecule has 0 N–H and O–H groups in total. The minimum absolute atomic E-state index is 1.14. The second-order valence-corrected chi connectivity index (χ2v) is 9.21. The van der Waals surface area contributed by atoms with Gasteiger partial charge in [-0.3, -0.25) is 0 Å². The van der Waals surface area contributed by atoms with Crippen molar-refractivity contribution in [2.75, 3.05) is 4.90 Å². The van der Waals surface area contributed by atoms with E-state index in [4.69, 9.17) is 0 Å². The zero-order chi connectivity index (χ0) is 25.5. The highest BCUT2D eigenvalue weighted by Gasteiger charge is 2.18. The van der Waals surface area contributed by atoms with Crippen LogP contribution in [0, 0.1) is 13.8 Å². The Morgan fingerprint density at radius 3 is 1.41 bits per heavy atom. The molecule has 0 radical (unpaired) electrons. The smallest absolute Gasteiger partial charge is 0.0540 e. The number of anilines is 3. The molecule has 5 aromatic carbocycles. The zero-order valence-corrected chi connectivity index (χ0v) is 21.4. The first kappa shape index (κ1) is 24.1. The van der Waals surface area contributed by atoms with E-state index in [1.807, 2.05) is 6.07 Å². The second-order valence-electron chi connectivity index (χ2n) is 9.21. The Kier molecular flexibility index (Phi) is 7.43. The third-order valence-electron chi connectivity index (χ3n) is 6.53. The van der Waals surface area contributed by atoms with E-state index >= 15 is 0 Å². The van der Waals surface area contributed by atoms with Crippen molar-refractivity contribution in [2.45, 2.75) is 13.8 Å². The summed E-state index contributed by atoms with van der Waals surface area (Å²) in [5, 5.41) is 0. The molecule has 180 valence electrons. The Morgan fingerprint density at radius 2 is 0.865 bits per heavy atom. The average molecular weight is 478 g/mol. The summed E-state index contributed by atoms with van der Waals surface area (Å²) in [5.41, 5.74) is 10.6. The summed E-state index contributed by atoms with van der Waals surface area (Å²) in [6, 6.07) is 44.8. The highest BCUT2D eigenvalue weighted by Crippen LogP contribution is 2.41. The summed E-state index contributed by atoms with van der Waals surface area (Å²) in [7, 11) is 0. The number of hydrogen-bond acceptors (Lipinski definition) is 1. The molecule has 5 rings (SSSR count). The van der Waals surface area contributed by atoms with Gasteiger partial charge >= 0.3 is 0 Å². The van der Waals surface area contributed by atoms with Crippen LogP contribution in [0.3, 0.4) is 0 Å². The van der Waals surface area contributed by atoms with Crippen molar-refractivity contribution in [1.29, 1.82) is 0 Å². The molecular weight excluding hydrogens is 446 g/mol. The molecule has 1 nitrogen and oxygen atoms in total. The van der Waals surface area contributed by atoms with Gasteiger partial charge in [0.2, 0.25) is 0 Å². The lowest BCUT2D eigenvalue weighted by atomic mass is 10.0. The molecule has 1 heteroatoms. The Balaban J connectivity index is 1.68. The molecule has 0 heterocycles. The van der Waals surface area contributed by atoms with Crippen LogP contribution >= 0.6 is 0 Å². The molecular formula is C36H31N. The van der Waals surface area contributed by atoms with Crippen LogP contribution < -0.4 is 4.90 Å². The second kappa shape index (κ2) is 11.4. The topological polar surface area (TPSA) is 3.24 Å². The quantitative estimate of drug-likeness (QED) is 0.211. The number of hydrogen-bond donors (Lipinski definition) is 0. The molecule has 0 aliphatic carbocycles. The van der Waals surface area contributed by atoms with Crippen molar-refractivity contribution < 1.29 is 0 Å². The minimum Gasteiger partial charge on any atom is -0.309 e. The Hall–Kier alpha value is -4.62. The van der Waals surface area contributed by atoms with Crippen LogP contribution in [0.15, 0.2) is 127 Å². The van der Waals surface area contributed by atoms with E-state index in [-0.39, 0.29) is 0 Å². The highest BCUT2D eigenvalue weighted by atomic mass is 15.1. The first-order valence-corrected chi connectivity index (χ1v) is 12.7. The van der Waals surface area contributed by atoms with Gasteiger partial charge in [0.15, 0.2) is 0 Å². The van der Waals surface area contributed by atoms with Crippen LogP contribution in [0.4, 0.5) is 17.1 Å². The molecule has 37 heavy (non-hydrogen) atoms. The molecule has 0 fully saturated rings. The van der Waals surface area contributed by atoms with E-state index in [9.17, 15) is 0 Å². The molecule has 0 saturated heterocycles. The third-order valence-corrected chi connectivity index (χ3v) is 6.53. The number of rotatable bonds is 7. The predicted octanol–water partition coefficient (Wildman–Crippen LogP) is 10.1. The fourth-order valence-corrected chi connectivity index (χ4v) is 4.52. The van der Waals surface area contributed by atoms with Gasteiger partial charge in [-0.25, -0.2) is 0 Å². The van der Waals surface area contributed by atoms with Crippen LogP contribution in [0.2, 0.25) is 0 Å².